The molecule has 0 saturated carbocycles. The Labute approximate surface area is 106 Å². The van der Waals surface area contributed by atoms with Gasteiger partial charge in [-0.05, 0) is 31.9 Å². The molecular formula is C16H26N+. The van der Waals surface area contributed by atoms with Crippen LogP contribution in [-0.4, -0.2) is 30.7 Å². The van der Waals surface area contributed by atoms with Crippen LogP contribution in [0.25, 0.3) is 6.08 Å². The predicted molar refractivity (Wildman–Crippen MR) is 77.0 cm³/mol. The van der Waals surface area contributed by atoms with Gasteiger partial charge in [0.25, 0.3) is 0 Å². The lowest BCUT2D eigenvalue weighted by molar-refractivity contribution is -0.923. The minimum atomic E-state index is 1.17. The van der Waals surface area contributed by atoms with Crippen molar-refractivity contribution in [2.45, 2.75) is 27.2 Å². The van der Waals surface area contributed by atoms with Crippen molar-refractivity contribution in [1.82, 2.24) is 0 Å². The number of nitrogens with zero attached hydrogens (tertiary/aromatic N) is 1. The highest BCUT2D eigenvalue weighted by atomic mass is 15.3. The second kappa shape index (κ2) is 6.61. The van der Waals surface area contributed by atoms with Crippen LogP contribution in [0.15, 0.2) is 30.8 Å². The molecule has 0 heterocycles. The molecule has 0 aliphatic heterocycles. The van der Waals surface area contributed by atoms with Crippen LogP contribution in [0.1, 0.15) is 31.9 Å². The van der Waals surface area contributed by atoms with Crippen LogP contribution in [0.5, 0.6) is 0 Å². The molecule has 1 heteroatoms. The number of hydrogen-bond donors (Lipinski definition) is 0. The van der Waals surface area contributed by atoms with E-state index in [1.807, 2.05) is 6.08 Å². The van der Waals surface area contributed by atoms with Crippen molar-refractivity contribution in [3.8, 4) is 0 Å². The largest absolute Gasteiger partial charge is 0.324 e. The molecule has 0 N–H and O–H groups in total. The molecule has 94 valence electrons. The zero-order chi connectivity index (χ0) is 12.7. The Balaban J connectivity index is 2.62. The lowest BCUT2D eigenvalue weighted by Crippen LogP contribution is -2.48. The van der Waals surface area contributed by atoms with Crippen molar-refractivity contribution >= 4 is 6.08 Å². The lowest BCUT2D eigenvalue weighted by atomic mass is 10.1. The van der Waals surface area contributed by atoms with E-state index in [-0.39, 0.29) is 0 Å². The third-order valence-electron chi connectivity index (χ3n) is 4.10. The van der Waals surface area contributed by atoms with Gasteiger partial charge in [-0.15, -0.1) is 0 Å². The first-order valence-electron chi connectivity index (χ1n) is 6.76. The molecule has 1 nitrogen and oxygen atoms in total. The Morgan fingerprint density at radius 1 is 1.00 bits per heavy atom. The van der Waals surface area contributed by atoms with Crippen molar-refractivity contribution in [3.05, 3.63) is 42.0 Å². The third-order valence-corrected chi connectivity index (χ3v) is 4.10. The first kappa shape index (κ1) is 14.0. The van der Waals surface area contributed by atoms with Crippen LogP contribution in [0, 0.1) is 0 Å². The molecule has 0 aromatic heterocycles. The van der Waals surface area contributed by atoms with E-state index in [9.17, 15) is 0 Å². The average Bonchev–Trinajstić information content (AvgIpc) is 2.41. The Kier molecular flexibility index (Phi) is 5.43. The predicted octanol–water partition coefficient (Wildman–Crippen LogP) is 3.75. The summed E-state index contributed by atoms with van der Waals surface area (Å²) in [5.74, 6) is 0. The van der Waals surface area contributed by atoms with Gasteiger partial charge in [-0.2, -0.15) is 0 Å². The van der Waals surface area contributed by atoms with E-state index in [4.69, 9.17) is 0 Å². The summed E-state index contributed by atoms with van der Waals surface area (Å²) < 4.78 is 1.23. The zero-order valence-electron chi connectivity index (χ0n) is 11.6. The molecule has 0 amide bonds. The molecular weight excluding hydrogens is 206 g/mol. The van der Waals surface area contributed by atoms with Gasteiger partial charge in [0.2, 0.25) is 0 Å². The van der Waals surface area contributed by atoms with E-state index in [1.165, 1.54) is 48.2 Å². The lowest BCUT2D eigenvalue weighted by Gasteiger charge is -2.35. The smallest absolute Gasteiger partial charge is 0.0827 e. The molecule has 0 unspecified atom stereocenters. The van der Waals surface area contributed by atoms with E-state index in [0.29, 0.717) is 0 Å². The van der Waals surface area contributed by atoms with Crippen LogP contribution in [0.4, 0.5) is 0 Å². The summed E-state index contributed by atoms with van der Waals surface area (Å²) in [6.07, 6.45) is 3.07. The quantitative estimate of drug-likeness (QED) is 0.628. The highest BCUT2D eigenvalue weighted by Gasteiger charge is 2.19. The van der Waals surface area contributed by atoms with Crippen molar-refractivity contribution < 1.29 is 4.48 Å². The summed E-state index contributed by atoms with van der Waals surface area (Å²) in [4.78, 5) is 0. The highest BCUT2D eigenvalue weighted by Crippen LogP contribution is 2.11. The zero-order valence-corrected chi connectivity index (χ0v) is 11.6. The fourth-order valence-electron chi connectivity index (χ4n) is 2.33. The van der Waals surface area contributed by atoms with Gasteiger partial charge >= 0.3 is 0 Å². The van der Waals surface area contributed by atoms with E-state index >= 15 is 0 Å². The SMILES string of the molecule is C=Cc1ccc(CC[N+](CC)(CC)CC)cc1. The normalized spacial score (nSPS) is 11.5. The van der Waals surface area contributed by atoms with Crippen molar-refractivity contribution in [1.29, 1.82) is 0 Å². The third kappa shape index (κ3) is 3.71. The molecule has 1 rings (SSSR count). The summed E-state index contributed by atoms with van der Waals surface area (Å²) in [7, 11) is 0. The molecule has 0 atom stereocenters. The minimum absolute atomic E-state index is 1.17. The summed E-state index contributed by atoms with van der Waals surface area (Å²) in [6, 6.07) is 8.76. The summed E-state index contributed by atoms with van der Waals surface area (Å²) in [6.45, 7) is 15.6. The Morgan fingerprint density at radius 3 is 1.94 bits per heavy atom. The molecule has 0 aliphatic carbocycles. The monoisotopic (exact) mass is 232 g/mol. The van der Waals surface area contributed by atoms with E-state index < -0.39 is 0 Å². The van der Waals surface area contributed by atoms with Crippen LogP contribution in [0.2, 0.25) is 0 Å². The van der Waals surface area contributed by atoms with Gasteiger partial charge in [-0.3, -0.25) is 0 Å². The van der Waals surface area contributed by atoms with Gasteiger partial charge in [0.15, 0.2) is 0 Å². The maximum atomic E-state index is 3.78. The Bertz CT molecular complexity index is 325. The molecule has 0 bridgehead atoms. The molecule has 17 heavy (non-hydrogen) atoms. The molecule has 1 aromatic rings. The molecule has 0 saturated heterocycles. The standard InChI is InChI=1S/C16H26N/c1-5-15-9-11-16(12-10-15)13-14-17(6-2,7-3)8-4/h5,9-12H,1,6-8,13-14H2,2-4H3/q+1. The van der Waals surface area contributed by atoms with Crippen molar-refractivity contribution in [3.63, 3.8) is 0 Å². The van der Waals surface area contributed by atoms with E-state index in [0.717, 1.165) is 0 Å². The fourth-order valence-corrected chi connectivity index (χ4v) is 2.33. The van der Waals surface area contributed by atoms with E-state index in [1.54, 1.807) is 0 Å². The first-order chi connectivity index (χ1) is 8.19. The first-order valence-corrected chi connectivity index (χ1v) is 6.76. The van der Waals surface area contributed by atoms with Crippen molar-refractivity contribution in [2.75, 3.05) is 26.2 Å². The van der Waals surface area contributed by atoms with Crippen LogP contribution in [0.3, 0.4) is 0 Å². The van der Waals surface area contributed by atoms with Gasteiger partial charge in [0.05, 0.1) is 26.2 Å². The number of hydrogen-bond acceptors (Lipinski definition) is 0. The maximum absolute atomic E-state index is 3.78. The average molecular weight is 232 g/mol. The van der Waals surface area contributed by atoms with E-state index in [2.05, 4.69) is 51.6 Å². The number of benzene rings is 1. The van der Waals surface area contributed by atoms with Gasteiger partial charge < -0.3 is 4.48 Å². The molecule has 0 spiro atoms. The van der Waals surface area contributed by atoms with Gasteiger partial charge in [-0.1, -0.05) is 36.9 Å². The van der Waals surface area contributed by atoms with Crippen LogP contribution < -0.4 is 0 Å². The molecule has 1 aromatic carbocycles. The van der Waals surface area contributed by atoms with Gasteiger partial charge in [0.1, 0.15) is 0 Å². The minimum Gasteiger partial charge on any atom is -0.324 e. The van der Waals surface area contributed by atoms with Gasteiger partial charge in [-0.25, -0.2) is 0 Å². The van der Waals surface area contributed by atoms with Crippen LogP contribution >= 0.6 is 0 Å². The summed E-state index contributed by atoms with van der Waals surface area (Å²) >= 11 is 0. The summed E-state index contributed by atoms with van der Waals surface area (Å²) in [5.41, 5.74) is 2.64. The number of quaternary nitrogens is 1. The Morgan fingerprint density at radius 2 is 1.53 bits per heavy atom. The van der Waals surface area contributed by atoms with Crippen LogP contribution in [-0.2, 0) is 6.42 Å². The Hall–Kier alpha value is -1.08. The van der Waals surface area contributed by atoms with Gasteiger partial charge in [0, 0.05) is 6.42 Å². The second-order valence-electron chi connectivity index (χ2n) is 4.71. The number of likely N-dealkylation sites (N-methyl/N-ethyl adjacent to an activating group) is 1. The molecule has 0 aliphatic rings. The molecule has 0 radical (unpaired) electrons. The molecule has 0 fully saturated rings. The maximum Gasteiger partial charge on any atom is 0.0827 e. The second-order valence-corrected chi connectivity index (χ2v) is 4.71. The van der Waals surface area contributed by atoms with Crippen molar-refractivity contribution in [2.24, 2.45) is 0 Å². The fraction of sp³-hybridized carbons (Fsp3) is 0.500. The number of rotatable bonds is 7. The highest BCUT2D eigenvalue weighted by molar-refractivity contribution is 5.47. The topological polar surface area (TPSA) is 0 Å². The summed E-state index contributed by atoms with van der Waals surface area (Å²) in [5, 5.41) is 0.